The molecule has 0 bridgehead atoms. The average Bonchev–Trinajstić information content (AvgIpc) is 2.86. The third-order valence-corrected chi connectivity index (χ3v) is 2.73. The molecule has 0 radical (unpaired) electrons. The van der Waals surface area contributed by atoms with E-state index in [0.717, 1.165) is 5.82 Å². The molecular formula is C10H12ClN7O2. The van der Waals surface area contributed by atoms with Crippen LogP contribution in [0.3, 0.4) is 0 Å². The fourth-order valence-corrected chi connectivity index (χ4v) is 1.90. The van der Waals surface area contributed by atoms with Gasteiger partial charge in [-0.3, -0.25) is 15.2 Å². The molecule has 2 aromatic heterocycles. The van der Waals surface area contributed by atoms with Crippen molar-refractivity contribution in [1.29, 1.82) is 0 Å². The molecule has 0 atom stereocenters. The number of nitro groups is 1. The second kappa shape index (κ2) is 6.24. The number of aromatic amines is 1. The van der Waals surface area contributed by atoms with Crippen LogP contribution in [0.4, 0.5) is 11.5 Å². The van der Waals surface area contributed by atoms with Crippen molar-refractivity contribution in [1.82, 2.24) is 25.1 Å². The van der Waals surface area contributed by atoms with Crippen molar-refractivity contribution in [3.05, 3.63) is 33.2 Å². The molecule has 2 N–H and O–H groups in total. The van der Waals surface area contributed by atoms with Gasteiger partial charge in [-0.2, -0.15) is 10.1 Å². The molecule has 10 heteroatoms. The lowest BCUT2D eigenvalue weighted by molar-refractivity contribution is -0.385. The van der Waals surface area contributed by atoms with Crippen LogP contribution in [0.2, 0.25) is 5.28 Å². The molecule has 2 rings (SSSR count). The monoisotopic (exact) mass is 297 g/mol. The lowest BCUT2D eigenvalue weighted by Crippen LogP contribution is -2.09. The second-order valence-corrected chi connectivity index (χ2v) is 4.33. The third kappa shape index (κ3) is 3.38. The van der Waals surface area contributed by atoms with Gasteiger partial charge in [0.15, 0.2) is 0 Å². The number of nitrogens with one attached hydrogen (secondary N) is 2. The minimum absolute atomic E-state index is 0.0224. The van der Waals surface area contributed by atoms with E-state index in [-0.39, 0.29) is 22.5 Å². The van der Waals surface area contributed by atoms with Crippen molar-refractivity contribution in [2.45, 2.75) is 19.8 Å². The first-order chi connectivity index (χ1) is 9.58. The highest BCUT2D eigenvalue weighted by Gasteiger charge is 2.21. The van der Waals surface area contributed by atoms with Crippen molar-refractivity contribution in [2.75, 3.05) is 11.9 Å². The van der Waals surface area contributed by atoms with Crippen molar-refractivity contribution in [3.8, 4) is 0 Å². The zero-order chi connectivity index (χ0) is 14.5. The normalized spacial score (nSPS) is 10.5. The first kappa shape index (κ1) is 14.1. The van der Waals surface area contributed by atoms with Gasteiger partial charge in [-0.1, -0.05) is 0 Å². The maximum Gasteiger partial charge on any atom is 0.332 e. The Bertz CT molecular complexity index is 602. The van der Waals surface area contributed by atoms with Crippen LogP contribution >= 0.6 is 11.6 Å². The molecule has 20 heavy (non-hydrogen) atoms. The molecule has 0 spiro atoms. The average molecular weight is 298 g/mol. The van der Waals surface area contributed by atoms with E-state index in [1.807, 2.05) is 0 Å². The maximum absolute atomic E-state index is 11.0. The van der Waals surface area contributed by atoms with Crippen LogP contribution in [0.25, 0.3) is 0 Å². The Morgan fingerprint density at radius 3 is 2.95 bits per heavy atom. The van der Waals surface area contributed by atoms with E-state index in [9.17, 15) is 10.1 Å². The molecule has 0 amide bonds. The Morgan fingerprint density at radius 2 is 2.30 bits per heavy atom. The van der Waals surface area contributed by atoms with Gasteiger partial charge in [0.2, 0.25) is 11.1 Å². The van der Waals surface area contributed by atoms with Gasteiger partial charge < -0.3 is 5.32 Å². The van der Waals surface area contributed by atoms with E-state index in [0.29, 0.717) is 19.4 Å². The lowest BCUT2D eigenvalue weighted by Gasteiger charge is -2.07. The predicted octanol–water partition coefficient (Wildman–Crippen LogP) is 1.51. The SMILES string of the molecule is Cc1nc(Cl)nc(NCCCc2ncn[nH]2)c1[N+](=O)[O-]. The summed E-state index contributed by atoms with van der Waals surface area (Å²) < 4.78 is 0. The highest BCUT2D eigenvalue weighted by atomic mass is 35.5. The van der Waals surface area contributed by atoms with E-state index in [1.165, 1.54) is 13.3 Å². The maximum atomic E-state index is 11.0. The fourth-order valence-electron chi connectivity index (χ4n) is 1.69. The number of aromatic nitrogens is 5. The quantitative estimate of drug-likeness (QED) is 0.358. The Balaban J connectivity index is 1.99. The van der Waals surface area contributed by atoms with Crippen LogP contribution in [0.1, 0.15) is 17.9 Å². The summed E-state index contributed by atoms with van der Waals surface area (Å²) in [6.45, 7) is 2.01. The largest absolute Gasteiger partial charge is 0.364 e. The van der Waals surface area contributed by atoms with E-state index >= 15 is 0 Å². The summed E-state index contributed by atoms with van der Waals surface area (Å²) >= 11 is 5.71. The summed E-state index contributed by atoms with van der Waals surface area (Å²) in [6.07, 6.45) is 2.83. The number of aryl methyl sites for hydroxylation is 2. The zero-order valence-corrected chi connectivity index (χ0v) is 11.4. The topological polar surface area (TPSA) is 123 Å². The number of nitrogens with zero attached hydrogens (tertiary/aromatic N) is 5. The van der Waals surface area contributed by atoms with E-state index < -0.39 is 4.92 Å². The Labute approximate surface area is 119 Å². The van der Waals surface area contributed by atoms with Gasteiger partial charge in [-0.05, 0) is 24.9 Å². The summed E-state index contributed by atoms with van der Waals surface area (Å²) in [6, 6.07) is 0. The Kier molecular flexibility index (Phi) is 4.41. The van der Waals surface area contributed by atoms with Gasteiger partial charge in [-0.15, -0.1) is 0 Å². The van der Waals surface area contributed by atoms with Crippen LogP contribution in [-0.2, 0) is 6.42 Å². The molecule has 0 aliphatic carbocycles. The van der Waals surface area contributed by atoms with E-state index in [2.05, 4.69) is 30.5 Å². The molecule has 106 valence electrons. The van der Waals surface area contributed by atoms with Crippen LogP contribution in [0.5, 0.6) is 0 Å². The highest BCUT2D eigenvalue weighted by molar-refractivity contribution is 6.28. The number of hydrogen-bond donors (Lipinski definition) is 2. The predicted molar refractivity (Wildman–Crippen MR) is 71.6 cm³/mol. The zero-order valence-electron chi connectivity index (χ0n) is 10.6. The molecular weight excluding hydrogens is 286 g/mol. The number of H-pyrrole nitrogens is 1. The van der Waals surface area contributed by atoms with Crippen LogP contribution in [0, 0.1) is 17.0 Å². The molecule has 0 aliphatic heterocycles. The smallest absolute Gasteiger partial charge is 0.332 e. The van der Waals surface area contributed by atoms with Crippen LogP contribution in [-0.4, -0.2) is 36.6 Å². The second-order valence-electron chi connectivity index (χ2n) is 3.99. The summed E-state index contributed by atoms with van der Waals surface area (Å²) in [7, 11) is 0. The van der Waals surface area contributed by atoms with Crippen molar-refractivity contribution >= 4 is 23.1 Å². The number of rotatable bonds is 6. The van der Waals surface area contributed by atoms with Gasteiger partial charge in [0, 0.05) is 13.0 Å². The summed E-state index contributed by atoms with van der Waals surface area (Å²) in [5.74, 6) is 0.892. The molecule has 0 unspecified atom stereocenters. The fraction of sp³-hybridized carbons (Fsp3) is 0.400. The van der Waals surface area contributed by atoms with Crippen LogP contribution < -0.4 is 5.32 Å². The molecule has 0 aromatic carbocycles. The first-order valence-electron chi connectivity index (χ1n) is 5.84. The molecule has 0 saturated heterocycles. The number of hydrogen-bond acceptors (Lipinski definition) is 7. The van der Waals surface area contributed by atoms with Crippen molar-refractivity contribution < 1.29 is 4.92 Å². The van der Waals surface area contributed by atoms with Gasteiger partial charge in [0.05, 0.1) is 4.92 Å². The van der Waals surface area contributed by atoms with E-state index in [1.54, 1.807) is 0 Å². The molecule has 0 fully saturated rings. The van der Waals surface area contributed by atoms with Crippen molar-refractivity contribution in [3.63, 3.8) is 0 Å². The summed E-state index contributed by atoms with van der Waals surface area (Å²) in [4.78, 5) is 22.1. The highest BCUT2D eigenvalue weighted by Crippen LogP contribution is 2.26. The lowest BCUT2D eigenvalue weighted by atomic mass is 10.3. The molecule has 2 aromatic rings. The van der Waals surface area contributed by atoms with Gasteiger partial charge in [-0.25, -0.2) is 9.97 Å². The summed E-state index contributed by atoms with van der Waals surface area (Å²) in [5.41, 5.74) is 0.0711. The van der Waals surface area contributed by atoms with Gasteiger partial charge in [0.1, 0.15) is 17.8 Å². The van der Waals surface area contributed by atoms with Gasteiger partial charge >= 0.3 is 5.69 Å². The number of halogens is 1. The van der Waals surface area contributed by atoms with Crippen molar-refractivity contribution in [2.24, 2.45) is 0 Å². The molecule has 0 saturated carbocycles. The Morgan fingerprint density at radius 1 is 1.50 bits per heavy atom. The molecule has 2 heterocycles. The first-order valence-corrected chi connectivity index (χ1v) is 6.22. The third-order valence-electron chi connectivity index (χ3n) is 2.56. The standard InChI is InChI=1S/C10H12ClN7O2/c1-6-8(18(19)20)9(16-10(11)15-6)12-4-2-3-7-13-5-14-17-7/h5H,2-4H2,1H3,(H,12,15,16)(H,13,14,17). The van der Waals surface area contributed by atoms with Gasteiger partial charge in [0.25, 0.3) is 0 Å². The molecule has 9 nitrogen and oxygen atoms in total. The number of anilines is 1. The Hall–Kier alpha value is -2.29. The minimum Gasteiger partial charge on any atom is -0.364 e. The van der Waals surface area contributed by atoms with E-state index in [4.69, 9.17) is 11.6 Å². The van der Waals surface area contributed by atoms with Crippen LogP contribution in [0.15, 0.2) is 6.33 Å². The summed E-state index contributed by atoms with van der Waals surface area (Å²) in [5, 5.41) is 20.3. The molecule has 0 aliphatic rings. The minimum atomic E-state index is -0.523.